The standard InChI is InChI=1S/C27H29N3O6/c1-17-13-22(34-12-11-18(2)31)8-9-23(17)24-6-4-5-21(19(24)3)16-35-25-10-7-20(14-28-25)15-30-26(32)29-27(33)36-30/h4-10,13-14,18,31H,11-12,15-16H2,1-3H3,(H,29,32,33)/t18-/m1/s1. The van der Waals surface area contributed by atoms with Crippen LogP contribution in [0, 0.1) is 13.8 Å². The van der Waals surface area contributed by atoms with Gasteiger partial charge in [-0.2, -0.15) is 0 Å². The quantitative estimate of drug-likeness (QED) is 0.348. The van der Waals surface area contributed by atoms with Crippen LogP contribution in [0.25, 0.3) is 11.1 Å². The van der Waals surface area contributed by atoms with Crippen molar-refractivity contribution < 1.29 is 19.1 Å². The molecule has 2 N–H and O–H groups in total. The number of ether oxygens (including phenoxy) is 2. The minimum Gasteiger partial charge on any atom is -0.493 e. The number of pyridine rings is 1. The summed E-state index contributed by atoms with van der Waals surface area (Å²) in [4.78, 5) is 29.0. The van der Waals surface area contributed by atoms with Crippen molar-refractivity contribution >= 4 is 0 Å². The van der Waals surface area contributed by atoms with Gasteiger partial charge in [0.2, 0.25) is 5.88 Å². The van der Waals surface area contributed by atoms with Gasteiger partial charge in [0.25, 0.3) is 0 Å². The molecule has 0 aliphatic rings. The molecule has 4 rings (SSSR count). The molecule has 9 nitrogen and oxygen atoms in total. The largest absolute Gasteiger partial charge is 0.493 e. The third kappa shape index (κ3) is 6.11. The molecule has 0 radical (unpaired) electrons. The number of H-pyrrole nitrogens is 1. The van der Waals surface area contributed by atoms with Gasteiger partial charge in [0.15, 0.2) is 0 Å². The Bertz CT molecular complexity index is 1430. The van der Waals surface area contributed by atoms with Gasteiger partial charge >= 0.3 is 11.4 Å². The molecular formula is C27H29N3O6. The number of aryl methyl sites for hydroxylation is 1. The zero-order valence-electron chi connectivity index (χ0n) is 20.5. The summed E-state index contributed by atoms with van der Waals surface area (Å²) in [6.07, 6.45) is 1.78. The summed E-state index contributed by atoms with van der Waals surface area (Å²) >= 11 is 0. The number of hydrogen-bond donors (Lipinski definition) is 2. The van der Waals surface area contributed by atoms with E-state index < -0.39 is 11.4 Å². The Hall–Kier alpha value is -4.11. The van der Waals surface area contributed by atoms with Crippen LogP contribution >= 0.6 is 0 Å². The van der Waals surface area contributed by atoms with Gasteiger partial charge in [0.1, 0.15) is 12.4 Å². The fourth-order valence-corrected chi connectivity index (χ4v) is 3.83. The first kappa shape index (κ1) is 25.0. The van der Waals surface area contributed by atoms with Gasteiger partial charge in [-0.25, -0.2) is 19.6 Å². The number of hydrogen-bond acceptors (Lipinski definition) is 7. The van der Waals surface area contributed by atoms with E-state index in [0.29, 0.717) is 31.1 Å². The summed E-state index contributed by atoms with van der Waals surface area (Å²) in [7, 11) is 0. The van der Waals surface area contributed by atoms with Gasteiger partial charge < -0.3 is 19.1 Å². The van der Waals surface area contributed by atoms with Crippen LogP contribution in [-0.4, -0.2) is 32.5 Å². The molecule has 1 atom stereocenters. The average molecular weight is 492 g/mol. The predicted molar refractivity (Wildman–Crippen MR) is 134 cm³/mol. The van der Waals surface area contributed by atoms with Crippen molar-refractivity contribution in [2.24, 2.45) is 0 Å². The number of aromatic amines is 1. The van der Waals surface area contributed by atoms with Crippen LogP contribution < -0.4 is 20.9 Å². The second-order valence-corrected chi connectivity index (χ2v) is 8.69. The van der Waals surface area contributed by atoms with Crippen LogP contribution in [-0.2, 0) is 13.2 Å². The van der Waals surface area contributed by atoms with E-state index in [9.17, 15) is 14.7 Å². The van der Waals surface area contributed by atoms with Crippen LogP contribution in [0.1, 0.15) is 35.6 Å². The number of nitrogens with one attached hydrogen (secondary N) is 1. The number of aliphatic hydroxyl groups is 1. The molecule has 0 saturated heterocycles. The lowest BCUT2D eigenvalue weighted by Gasteiger charge is -2.15. The maximum Gasteiger partial charge on any atom is 0.440 e. The Morgan fingerprint density at radius 1 is 1.08 bits per heavy atom. The smallest absolute Gasteiger partial charge is 0.440 e. The summed E-state index contributed by atoms with van der Waals surface area (Å²) in [6.45, 7) is 6.78. The lowest BCUT2D eigenvalue weighted by molar-refractivity contribution is 0.155. The maximum absolute atomic E-state index is 11.6. The molecule has 0 aliphatic carbocycles. The highest BCUT2D eigenvalue weighted by Crippen LogP contribution is 2.31. The molecule has 2 aromatic heterocycles. The van der Waals surface area contributed by atoms with E-state index in [4.69, 9.17) is 14.0 Å². The van der Waals surface area contributed by atoms with Crippen LogP contribution in [0.5, 0.6) is 11.6 Å². The second-order valence-electron chi connectivity index (χ2n) is 8.69. The first-order valence-corrected chi connectivity index (χ1v) is 11.7. The van der Waals surface area contributed by atoms with Crippen molar-refractivity contribution in [2.75, 3.05) is 6.61 Å². The highest BCUT2D eigenvalue weighted by molar-refractivity contribution is 5.72. The van der Waals surface area contributed by atoms with E-state index in [1.807, 2.05) is 29.2 Å². The first-order chi connectivity index (χ1) is 17.3. The zero-order valence-corrected chi connectivity index (χ0v) is 20.5. The van der Waals surface area contributed by atoms with Crippen molar-refractivity contribution in [3.8, 4) is 22.8 Å². The first-order valence-electron chi connectivity index (χ1n) is 11.7. The molecular weight excluding hydrogens is 462 g/mol. The molecule has 4 aromatic rings. The summed E-state index contributed by atoms with van der Waals surface area (Å²) in [6, 6.07) is 15.6. The van der Waals surface area contributed by atoms with Crippen molar-refractivity contribution in [2.45, 2.75) is 46.4 Å². The third-order valence-corrected chi connectivity index (χ3v) is 5.87. The highest BCUT2D eigenvalue weighted by Gasteiger charge is 2.11. The molecule has 0 aliphatic heterocycles. The normalized spacial score (nSPS) is 11.9. The van der Waals surface area contributed by atoms with Crippen LogP contribution in [0.15, 0.2) is 68.8 Å². The summed E-state index contributed by atoms with van der Waals surface area (Å²) in [5.74, 6) is 0.436. The minimum absolute atomic E-state index is 0.0930. The summed E-state index contributed by atoms with van der Waals surface area (Å²) in [5, 5.41) is 9.41. The Kier molecular flexibility index (Phi) is 7.70. The Balaban J connectivity index is 1.42. The van der Waals surface area contributed by atoms with E-state index in [2.05, 4.69) is 31.0 Å². The van der Waals surface area contributed by atoms with Crippen molar-refractivity contribution in [3.05, 3.63) is 98.0 Å². The molecule has 0 unspecified atom stereocenters. The lowest BCUT2D eigenvalue weighted by atomic mass is 9.94. The van der Waals surface area contributed by atoms with Crippen molar-refractivity contribution in [1.29, 1.82) is 0 Å². The predicted octanol–water partition coefficient (Wildman–Crippen LogP) is 3.59. The molecule has 2 aromatic carbocycles. The molecule has 0 bridgehead atoms. The fourth-order valence-electron chi connectivity index (χ4n) is 3.83. The minimum atomic E-state index is -0.794. The lowest BCUT2D eigenvalue weighted by Crippen LogP contribution is -2.17. The van der Waals surface area contributed by atoms with Crippen LogP contribution in [0.4, 0.5) is 0 Å². The van der Waals surface area contributed by atoms with Crippen LogP contribution in [0.2, 0.25) is 0 Å². The number of rotatable bonds is 10. The highest BCUT2D eigenvalue weighted by atomic mass is 16.5. The van der Waals surface area contributed by atoms with E-state index in [-0.39, 0.29) is 12.6 Å². The molecule has 0 saturated carbocycles. The van der Waals surface area contributed by atoms with Gasteiger partial charge in [-0.15, -0.1) is 4.74 Å². The molecule has 0 spiro atoms. The molecule has 36 heavy (non-hydrogen) atoms. The number of aromatic nitrogens is 3. The van der Waals surface area contributed by atoms with E-state index >= 15 is 0 Å². The Morgan fingerprint density at radius 2 is 1.92 bits per heavy atom. The molecule has 2 heterocycles. The van der Waals surface area contributed by atoms with E-state index in [0.717, 1.165) is 38.3 Å². The van der Waals surface area contributed by atoms with Crippen LogP contribution in [0.3, 0.4) is 0 Å². The molecule has 188 valence electrons. The average Bonchev–Trinajstić information content (AvgIpc) is 3.16. The zero-order chi connectivity index (χ0) is 25.7. The monoisotopic (exact) mass is 491 g/mol. The SMILES string of the molecule is Cc1cc(OCC[C@@H](C)O)ccc1-c1cccc(COc2ccc(Cn3oc(=O)[nH]c3=O)cn2)c1C. The fraction of sp³-hybridized carbons (Fsp3) is 0.296. The van der Waals surface area contributed by atoms with Crippen molar-refractivity contribution in [1.82, 2.24) is 14.7 Å². The van der Waals surface area contributed by atoms with E-state index in [1.165, 1.54) is 0 Å². The summed E-state index contributed by atoms with van der Waals surface area (Å²) in [5.41, 5.74) is 5.57. The Labute approximate surface area is 207 Å². The van der Waals surface area contributed by atoms with Gasteiger partial charge in [0, 0.05) is 18.7 Å². The van der Waals surface area contributed by atoms with Gasteiger partial charge in [-0.05, 0) is 66.3 Å². The summed E-state index contributed by atoms with van der Waals surface area (Å²) < 4.78 is 17.4. The van der Waals surface area contributed by atoms with Gasteiger partial charge in [-0.3, -0.25) is 0 Å². The topological polar surface area (TPSA) is 120 Å². The van der Waals surface area contributed by atoms with Gasteiger partial charge in [-0.1, -0.05) is 30.3 Å². The number of nitrogens with zero attached hydrogens (tertiary/aromatic N) is 2. The number of aliphatic hydroxyl groups excluding tert-OH is 1. The third-order valence-electron chi connectivity index (χ3n) is 5.87. The van der Waals surface area contributed by atoms with Crippen molar-refractivity contribution in [3.63, 3.8) is 0 Å². The molecule has 9 heteroatoms. The Morgan fingerprint density at radius 3 is 2.58 bits per heavy atom. The number of benzene rings is 2. The van der Waals surface area contributed by atoms with Gasteiger partial charge in [0.05, 0.1) is 19.3 Å². The van der Waals surface area contributed by atoms with E-state index in [1.54, 1.807) is 25.3 Å². The second kappa shape index (κ2) is 11.1. The molecule has 0 amide bonds. The maximum atomic E-state index is 11.6. The molecule has 0 fully saturated rings.